The number of alkyl halides is 2. The van der Waals surface area contributed by atoms with Gasteiger partial charge in [-0.25, -0.2) is 13.6 Å². The lowest BCUT2D eigenvalue weighted by Crippen LogP contribution is -2.54. The maximum atomic E-state index is 15.1. The average molecular weight is 770 g/mol. The topological polar surface area (TPSA) is 76.1 Å². The Kier molecular flexibility index (Phi) is 17.3. The summed E-state index contributed by atoms with van der Waals surface area (Å²) < 4.78 is 41.3. The first-order valence-corrected chi connectivity index (χ1v) is 20.7. The van der Waals surface area contributed by atoms with Crippen molar-refractivity contribution in [2.24, 2.45) is 5.92 Å². The van der Waals surface area contributed by atoms with E-state index in [1.165, 1.54) is 4.90 Å². The zero-order valence-electron chi connectivity index (χ0n) is 33.8. The maximum absolute atomic E-state index is 15.1. The van der Waals surface area contributed by atoms with Gasteiger partial charge < -0.3 is 14.6 Å². The predicted octanol–water partition coefficient (Wildman–Crippen LogP) is 11.6. The number of rotatable bonds is 22. The molecule has 0 aliphatic carbocycles. The number of hydrogen-bond acceptors (Lipinski definition) is 6. The second-order valence-corrected chi connectivity index (χ2v) is 16.6. The van der Waals surface area contributed by atoms with Gasteiger partial charge in [0.05, 0.1) is 11.6 Å². The van der Waals surface area contributed by atoms with Crippen molar-refractivity contribution in [3.63, 3.8) is 0 Å². The number of thiocarbonyl (C=S) groups is 1. The second-order valence-electron chi connectivity index (χ2n) is 16.3. The molecule has 0 unspecified atom stereocenters. The molecular formula is C45H65F2NO5S. The molecule has 300 valence electrons. The van der Waals surface area contributed by atoms with Crippen molar-refractivity contribution < 1.29 is 33.0 Å². The Morgan fingerprint density at radius 1 is 0.833 bits per heavy atom. The summed E-state index contributed by atoms with van der Waals surface area (Å²) in [6.07, 6.45) is 10.2. The lowest BCUT2D eigenvalue weighted by atomic mass is 9.75. The minimum Gasteiger partial charge on any atom is -0.458 e. The molecule has 1 fully saturated rings. The van der Waals surface area contributed by atoms with Gasteiger partial charge in [0.15, 0.2) is 11.2 Å². The minimum absolute atomic E-state index is 0.0391. The van der Waals surface area contributed by atoms with E-state index in [1.807, 2.05) is 81.4 Å². The van der Waals surface area contributed by atoms with Crippen LogP contribution in [0.1, 0.15) is 156 Å². The van der Waals surface area contributed by atoms with Crippen LogP contribution in [0.4, 0.5) is 8.78 Å². The van der Waals surface area contributed by atoms with E-state index < -0.39 is 40.6 Å². The third-order valence-electron chi connectivity index (χ3n) is 10.2. The fourth-order valence-corrected chi connectivity index (χ4v) is 7.90. The molecule has 9 heteroatoms. The monoisotopic (exact) mass is 769 g/mol. The Hall–Kier alpha value is -3.17. The average Bonchev–Trinajstić information content (AvgIpc) is 3.44. The third-order valence-corrected chi connectivity index (χ3v) is 10.4. The summed E-state index contributed by atoms with van der Waals surface area (Å²) >= 11 is 5.89. The van der Waals surface area contributed by atoms with Gasteiger partial charge in [-0.15, -0.1) is 0 Å². The van der Waals surface area contributed by atoms with Gasteiger partial charge >= 0.3 is 5.97 Å². The molecule has 0 aromatic heterocycles. The van der Waals surface area contributed by atoms with Crippen molar-refractivity contribution in [1.29, 1.82) is 0 Å². The number of halogens is 2. The van der Waals surface area contributed by atoms with Crippen molar-refractivity contribution >= 4 is 29.3 Å². The predicted molar refractivity (Wildman–Crippen MR) is 217 cm³/mol. The molecule has 1 heterocycles. The highest BCUT2D eigenvalue weighted by molar-refractivity contribution is 7.80. The molecule has 1 aliphatic heterocycles. The van der Waals surface area contributed by atoms with Crippen molar-refractivity contribution in [3.05, 3.63) is 83.4 Å². The van der Waals surface area contributed by atoms with E-state index in [0.29, 0.717) is 38.5 Å². The largest absolute Gasteiger partial charge is 0.458 e. The first kappa shape index (κ1) is 45.2. The molecule has 0 spiro atoms. The van der Waals surface area contributed by atoms with Gasteiger partial charge in [0, 0.05) is 24.0 Å². The fourth-order valence-electron chi connectivity index (χ4n) is 7.57. The van der Waals surface area contributed by atoms with Crippen LogP contribution in [0.15, 0.2) is 72.3 Å². The molecular weight excluding hydrogens is 705 g/mol. The van der Waals surface area contributed by atoms with Gasteiger partial charge in [0.25, 0.3) is 11.1 Å². The van der Waals surface area contributed by atoms with Crippen LogP contribution in [-0.2, 0) is 24.7 Å². The summed E-state index contributed by atoms with van der Waals surface area (Å²) in [4.78, 5) is 30.4. The molecule has 1 amide bonds. The van der Waals surface area contributed by atoms with Gasteiger partial charge in [-0.2, -0.15) is 0 Å². The van der Waals surface area contributed by atoms with E-state index in [9.17, 15) is 18.7 Å². The van der Waals surface area contributed by atoms with Crippen molar-refractivity contribution in [1.82, 2.24) is 4.90 Å². The van der Waals surface area contributed by atoms with Gasteiger partial charge in [0.2, 0.25) is 5.92 Å². The molecule has 3 rings (SSSR count). The van der Waals surface area contributed by atoms with Crippen LogP contribution in [0.25, 0.3) is 0 Å². The Morgan fingerprint density at radius 3 is 1.81 bits per heavy atom. The first-order valence-electron chi connectivity index (χ1n) is 20.3. The number of allylic oxidation sites excluding steroid dienone is 1. The van der Waals surface area contributed by atoms with Crippen molar-refractivity contribution in [2.45, 2.75) is 174 Å². The summed E-state index contributed by atoms with van der Waals surface area (Å²) in [7, 11) is 0. The first-order chi connectivity index (χ1) is 25.5. The van der Waals surface area contributed by atoms with Gasteiger partial charge in [-0.3, -0.25) is 9.69 Å². The van der Waals surface area contributed by atoms with Crippen molar-refractivity contribution in [2.75, 3.05) is 0 Å². The van der Waals surface area contributed by atoms with E-state index in [4.69, 9.17) is 21.7 Å². The fraction of sp³-hybridized carbons (Fsp3) is 0.622. The summed E-state index contributed by atoms with van der Waals surface area (Å²) in [5.74, 6) is -4.30. The van der Waals surface area contributed by atoms with Crippen LogP contribution < -0.4 is 0 Å². The number of aliphatic hydroxyl groups is 1. The Balaban J connectivity index is 1.90. The molecule has 1 aliphatic rings. The zero-order chi connectivity index (χ0) is 40.0. The molecule has 0 bridgehead atoms. The second kappa shape index (κ2) is 20.7. The molecule has 1 saturated heterocycles. The van der Waals surface area contributed by atoms with Crippen LogP contribution in [0.2, 0.25) is 0 Å². The van der Waals surface area contributed by atoms with E-state index >= 15 is 4.79 Å². The summed E-state index contributed by atoms with van der Waals surface area (Å²) in [5.41, 5.74) is -2.78. The van der Waals surface area contributed by atoms with E-state index in [2.05, 4.69) is 6.92 Å². The summed E-state index contributed by atoms with van der Waals surface area (Å²) in [6, 6.07) is 18.7. The smallest absolute Gasteiger partial charge is 0.343 e. The quantitative estimate of drug-likeness (QED) is 0.0556. The number of benzene rings is 2. The Morgan fingerprint density at radius 2 is 1.33 bits per heavy atom. The van der Waals surface area contributed by atoms with Gasteiger partial charge in [-0.1, -0.05) is 146 Å². The molecule has 1 N–H and O–H groups in total. The normalized spacial score (nSPS) is 17.4. The number of nitrogens with zero attached hydrogens (tertiary/aromatic N) is 1. The number of unbranched alkanes of at least 4 members (excludes halogenated alkanes) is 9. The molecule has 0 radical (unpaired) electrons. The highest BCUT2D eigenvalue weighted by Gasteiger charge is 2.59. The summed E-state index contributed by atoms with van der Waals surface area (Å²) in [6.45, 7) is 13.1. The molecule has 0 saturated carbocycles. The standard InChI is InChI=1S/C45H65F2NO5S/c1-8-10-11-15-24-32-43(46,47)33-25-16-13-12-14-23-30-37(44(51,31-9-2)40(50)52-42(5,6)7)39(49)48-38(34(3)4)45(53-41(48)54,35-26-19-17-20-27-35)36-28-21-18-22-29-36/h17-22,26-30,34,38,51H,8-16,23-25,31-33H2,1-7H3/t38-,44-/m0/s1. The van der Waals surface area contributed by atoms with Gasteiger partial charge in [-0.05, 0) is 71.0 Å². The van der Waals surface area contributed by atoms with Crippen LogP contribution in [0.3, 0.4) is 0 Å². The highest BCUT2D eigenvalue weighted by Crippen LogP contribution is 2.48. The third kappa shape index (κ3) is 11.9. The number of ether oxygens (including phenoxy) is 2. The van der Waals surface area contributed by atoms with Crippen LogP contribution >= 0.6 is 12.2 Å². The Bertz CT molecular complexity index is 1470. The van der Waals surface area contributed by atoms with E-state index in [-0.39, 0.29) is 35.9 Å². The minimum atomic E-state index is -2.62. The molecule has 2 aromatic rings. The van der Waals surface area contributed by atoms with E-state index in [0.717, 1.165) is 49.7 Å². The Labute approximate surface area is 329 Å². The number of carbonyl (C=O) groups excluding carboxylic acids is 2. The van der Waals surface area contributed by atoms with Crippen LogP contribution in [0, 0.1) is 5.92 Å². The number of esters is 1. The zero-order valence-corrected chi connectivity index (χ0v) is 34.6. The van der Waals surface area contributed by atoms with Crippen LogP contribution in [-0.4, -0.2) is 50.2 Å². The molecule has 6 nitrogen and oxygen atoms in total. The lowest BCUT2D eigenvalue weighted by Gasteiger charge is -2.39. The van der Waals surface area contributed by atoms with E-state index in [1.54, 1.807) is 26.8 Å². The number of amides is 1. The highest BCUT2D eigenvalue weighted by atomic mass is 32.1. The lowest BCUT2D eigenvalue weighted by molar-refractivity contribution is -0.175. The maximum Gasteiger partial charge on any atom is 0.343 e. The number of hydrogen-bond donors (Lipinski definition) is 1. The molecule has 2 aromatic carbocycles. The molecule has 2 atom stereocenters. The van der Waals surface area contributed by atoms with Crippen LogP contribution in [0.5, 0.6) is 0 Å². The number of carbonyl (C=O) groups is 2. The molecule has 54 heavy (non-hydrogen) atoms. The summed E-state index contributed by atoms with van der Waals surface area (Å²) in [5, 5.41) is 12.3. The van der Waals surface area contributed by atoms with Crippen molar-refractivity contribution in [3.8, 4) is 0 Å². The SMILES string of the molecule is CCCCCCCC(F)(F)CCCCCCCC=C(C(=O)N1C(=S)OC(c2ccccc2)(c2ccccc2)[C@@H]1C(C)C)[C@@](O)(CCC)C(=O)OC(C)(C)C. The van der Waals surface area contributed by atoms with Gasteiger partial charge in [0.1, 0.15) is 5.60 Å².